The Kier molecular flexibility index (Phi) is 4.06. The van der Waals surface area contributed by atoms with Crippen LogP contribution in [0.5, 0.6) is 0 Å². The summed E-state index contributed by atoms with van der Waals surface area (Å²) in [6, 6.07) is 2.82. The molecule has 0 fully saturated rings. The molecule has 0 spiro atoms. The lowest BCUT2D eigenvalue weighted by atomic mass is 10.2. The van der Waals surface area contributed by atoms with Gasteiger partial charge in [0.25, 0.3) is 15.2 Å². The molecule has 0 amide bonds. The van der Waals surface area contributed by atoms with Gasteiger partial charge in [-0.1, -0.05) is 13.8 Å². The van der Waals surface area contributed by atoms with E-state index in [4.69, 9.17) is 5.14 Å². The molecule has 0 unspecified atom stereocenters. The van der Waals surface area contributed by atoms with Gasteiger partial charge in [-0.05, 0) is 18.1 Å². The zero-order chi connectivity index (χ0) is 15.8. The highest BCUT2D eigenvalue weighted by Gasteiger charge is 2.23. The molecule has 114 valence electrons. The van der Waals surface area contributed by atoms with E-state index in [-0.39, 0.29) is 23.9 Å². The van der Waals surface area contributed by atoms with Crippen LogP contribution >= 0.6 is 0 Å². The molecule has 0 saturated heterocycles. The maximum Gasteiger partial charge on any atom is 0.273 e. The topological polar surface area (TPSA) is 90.9 Å². The van der Waals surface area contributed by atoms with Crippen molar-refractivity contribution in [3.05, 3.63) is 29.8 Å². The third-order valence-electron chi connectivity index (χ3n) is 2.64. The number of nitrogens with zero attached hydrogens (tertiary/aromatic N) is 3. The van der Waals surface area contributed by atoms with E-state index in [0.29, 0.717) is 6.07 Å². The Morgan fingerprint density at radius 1 is 1.19 bits per heavy atom. The molecule has 1 heterocycles. The van der Waals surface area contributed by atoms with Crippen LogP contribution < -0.4 is 5.14 Å². The Labute approximate surface area is 120 Å². The SMILES string of the molecule is CC(C)Cn1c(-c2cc(F)cc(F)c2)nnc1S(N)(=O)=O. The predicted octanol–water partition coefficient (Wildman–Crippen LogP) is 1.53. The first-order valence-electron chi connectivity index (χ1n) is 6.11. The lowest BCUT2D eigenvalue weighted by Gasteiger charge is -2.11. The van der Waals surface area contributed by atoms with E-state index in [1.807, 2.05) is 13.8 Å². The van der Waals surface area contributed by atoms with Gasteiger partial charge in [-0.3, -0.25) is 4.57 Å². The molecule has 21 heavy (non-hydrogen) atoms. The molecule has 2 aromatic rings. The van der Waals surface area contributed by atoms with Crippen LogP contribution in [0.3, 0.4) is 0 Å². The average molecular weight is 316 g/mol. The van der Waals surface area contributed by atoms with Gasteiger partial charge in [0.05, 0.1) is 0 Å². The number of benzene rings is 1. The molecule has 2 rings (SSSR count). The van der Waals surface area contributed by atoms with E-state index in [0.717, 1.165) is 12.1 Å². The number of primary sulfonamides is 1. The zero-order valence-electron chi connectivity index (χ0n) is 11.4. The standard InChI is InChI=1S/C12H14F2N4O2S/c1-7(2)6-18-11(16-17-12(18)21(15,19)20)8-3-9(13)5-10(14)4-8/h3-5,7H,6H2,1-2H3,(H2,15,19,20). The molecule has 0 atom stereocenters. The number of hydrogen-bond donors (Lipinski definition) is 1. The molecule has 0 aliphatic carbocycles. The minimum absolute atomic E-state index is 0.0473. The minimum atomic E-state index is -4.08. The van der Waals surface area contributed by atoms with Crippen LogP contribution in [-0.4, -0.2) is 23.2 Å². The van der Waals surface area contributed by atoms with Gasteiger partial charge in [-0.2, -0.15) is 0 Å². The molecule has 1 aromatic heterocycles. The first-order valence-corrected chi connectivity index (χ1v) is 7.65. The second-order valence-electron chi connectivity index (χ2n) is 5.01. The normalized spacial score (nSPS) is 12.1. The van der Waals surface area contributed by atoms with Crippen molar-refractivity contribution in [1.82, 2.24) is 14.8 Å². The van der Waals surface area contributed by atoms with Crippen molar-refractivity contribution in [3.63, 3.8) is 0 Å². The van der Waals surface area contributed by atoms with Crippen LogP contribution in [0.1, 0.15) is 13.8 Å². The number of nitrogens with two attached hydrogens (primary N) is 1. The number of sulfonamides is 1. The second kappa shape index (κ2) is 5.49. The molecule has 0 bridgehead atoms. The van der Waals surface area contributed by atoms with Crippen LogP contribution in [0.2, 0.25) is 0 Å². The second-order valence-corrected chi connectivity index (χ2v) is 6.47. The molecule has 0 saturated carbocycles. The molecule has 9 heteroatoms. The fourth-order valence-electron chi connectivity index (χ4n) is 1.93. The van der Waals surface area contributed by atoms with E-state index < -0.39 is 26.8 Å². The minimum Gasteiger partial charge on any atom is -0.296 e. The maximum atomic E-state index is 13.3. The molecule has 1 aromatic carbocycles. The Hall–Kier alpha value is -1.87. The summed E-state index contributed by atoms with van der Waals surface area (Å²) in [5.41, 5.74) is 0.0931. The summed E-state index contributed by atoms with van der Waals surface area (Å²) in [7, 11) is -4.08. The Bertz CT molecular complexity index is 751. The summed E-state index contributed by atoms with van der Waals surface area (Å²) in [6.45, 7) is 3.94. The number of hydrogen-bond acceptors (Lipinski definition) is 4. The van der Waals surface area contributed by atoms with E-state index >= 15 is 0 Å². The summed E-state index contributed by atoms with van der Waals surface area (Å²) >= 11 is 0. The summed E-state index contributed by atoms with van der Waals surface area (Å²) in [4.78, 5) is 0. The van der Waals surface area contributed by atoms with Gasteiger partial charge in [0.1, 0.15) is 11.6 Å². The monoisotopic (exact) mass is 316 g/mol. The smallest absolute Gasteiger partial charge is 0.273 e. The van der Waals surface area contributed by atoms with Crippen molar-refractivity contribution in [2.45, 2.75) is 25.5 Å². The van der Waals surface area contributed by atoms with Gasteiger partial charge in [-0.15, -0.1) is 10.2 Å². The number of aromatic nitrogens is 3. The van der Waals surface area contributed by atoms with Gasteiger partial charge in [-0.25, -0.2) is 22.3 Å². The van der Waals surface area contributed by atoms with E-state index in [1.165, 1.54) is 4.57 Å². The van der Waals surface area contributed by atoms with Crippen LogP contribution in [-0.2, 0) is 16.6 Å². The highest BCUT2D eigenvalue weighted by Crippen LogP contribution is 2.23. The summed E-state index contributed by atoms with van der Waals surface area (Å²) < 4.78 is 50.9. The van der Waals surface area contributed by atoms with Gasteiger partial charge in [0, 0.05) is 18.2 Å². The van der Waals surface area contributed by atoms with Crippen LogP contribution in [0.4, 0.5) is 8.78 Å². The quantitative estimate of drug-likeness (QED) is 0.926. The largest absolute Gasteiger partial charge is 0.296 e. The van der Waals surface area contributed by atoms with E-state index in [1.54, 1.807) is 0 Å². The molecule has 6 nitrogen and oxygen atoms in total. The van der Waals surface area contributed by atoms with Gasteiger partial charge in [0.15, 0.2) is 5.82 Å². The van der Waals surface area contributed by atoms with E-state index in [9.17, 15) is 17.2 Å². The van der Waals surface area contributed by atoms with Gasteiger partial charge < -0.3 is 0 Å². The summed E-state index contributed by atoms with van der Waals surface area (Å²) in [6.07, 6.45) is 0. The average Bonchev–Trinajstić information content (AvgIpc) is 2.69. The highest BCUT2D eigenvalue weighted by atomic mass is 32.2. The highest BCUT2D eigenvalue weighted by molar-refractivity contribution is 7.89. The van der Waals surface area contributed by atoms with Gasteiger partial charge in [0.2, 0.25) is 0 Å². The molecular formula is C12H14F2N4O2S. The van der Waals surface area contributed by atoms with Crippen molar-refractivity contribution in [2.24, 2.45) is 11.1 Å². The van der Waals surface area contributed by atoms with Crippen molar-refractivity contribution in [1.29, 1.82) is 0 Å². The van der Waals surface area contributed by atoms with Crippen molar-refractivity contribution in [2.75, 3.05) is 0 Å². The van der Waals surface area contributed by atoms with Crippen LogP contribution in [0, 0.1) is 17.6 Å². The third-order valence-corrected chi connectivity index (χ3v) is 3.45. The first-order chi connectivity index (χ1) is 9.68. The van der Waals surface area contributed by atoms with Crippen molar-refractivity contribution in [3.8, 4) is 11.4 Å². The Morgan fingerprint density at radius 3 is 2.24 bits per heavy atom. The lowest BCUT2D eigenvalue weighted by Crippen LogP contribution is -2.20. The molecular weight excluding hydrogens is 302 g/mol. The molecule has 0 aliphatic heterocycles. The molecule has 2 N–H and O–H groups in total. The van der Waals surface area contributed by atoms with Crippen LogP contribution in [0.15, 0.2) is 23.4 Å². The molecule has 0 aliphatic rings. The Balaban J connectivity index is 2.66. The fraction of sp³-hybridized carbons (Fsp3) is 0.333. The maximum absolute atomic E-state index is 13.3. The van der Waals surface area contributed by atoms with E-state index in [2.05, 4.69) is 10.2 Å². The van der Waals surface area contributed by atoms with Crippen LogP contribution in [0.25, 0.3) is 11.4 Å². The zero-order valence-corrected chi connectivity index (χ0v) is 12.2. The van der Waals surface area contributed by atoms with Crippen molar-refractivity contribution >= 4 is 10.0 Å². The fourth-order valence-corrected chi connectivity index (χ4v) is 2.55. The number of rotatable bonds is 4. The third kappa shape index (κ3) is 3.42. The summed E-state index contributed by atoms with van der Waals surface area (Å²) in [5, 5.41) is 11.9. The Morgan fingerprint density at radius 2 is 1.76 bits per heavy atom. The predicted molar refractivity (Wildman–Crippen MR) is 71.6 cm³/mol. The number of halogens is 2. The van der Waals surface area contributed by atoms with Gasteiger partial charge >= 0.3 is 0 Å². The first kappa shape index (κ1) is 15.5. The summed E-state index contributed by atoms with van der Waals surface area (Å²) in [5.74, 6) is -1.48. The van der Waals surface area contributed by atoms with Crippen molar-refractivity contribution < 1.29 is 17.2 Å². The molecule has 0 radical (unpaired) electrons. The lowest BCUT2D eigenvalue weighted by molar-refractivity contribution is 0.486.